The van der Waals surface area contributed by atoms with E-state index in [0.29, 0.717) is 12.1 Å². The second kappa shape index (κ2) is 5.52. The zero-order valence-electron chi connectivity index (χ0n) is 10.1. The Balaban J connectivity index is 2.54. The maximum Gasteiger partial charge on any atom is 0.373 e. The van der Waals surface area contributed by atoms with Crippen molar-refractivity contribution in [3.63, 3.8) is 0 Å². The van der Waals surface area contributed by atoms with E-state index in [4.69, 9.17) is 9.52 Å². The molecular weight excluding hydrogens is 317 g/mol. The molecule has 100 valence electrons. The summed E-state index contributed by atoms with van der Waals surface area (Å²) in [5, 5.41) is 9.04. The average Bonchev–Trinajstić information content (AvgIpc) is 2.77. The molecule has 1 aromatic heterocycles. The van der Waals surface area contributed by atoms with Gasteiger partial charge in [0, 0.05) is 0 Å². The number of carboxylic acids is 1. The lowest BCUT2D eigenvalue weighted by Gasteiger charge is -1.99. The number of nitrogens with zero attached hydrogens (tertiary/aromatic N) is 1. The monoisotopic (exact) mass is 327 g/mol. The van der Waals surface area contributed by atoms with Crippen LogP contribution >= 0.6 is 15.9 Å². The van der Waals surface area contributed by atoms with Gasteiger partial charge in [-0.25, -0.2) is 14.2 Å². The fraction of sp³-hybridized carbons (Fsp3) is 0.231. The predicted octanol–water partition coefficient (Wildman–Crippen LogP) is 3.89. The molecule has 0 atom stereocenters. The smallest absolute Gasteiger partial charge is 0.373 e. The normalized spacial score (nSPS) is 10.7. The third-order valence-corrected chi connectivity index (χ3v) is 3.17. The zero-order valence-corrected chi connectivity index (χ0v) is 11.7. The van der Waals surface area contributed by atoms with Crippen LogP contribution in [0.25, 0.3) is 11.5 Å². The number of halogens is 2. The highest BCUT2D eigenvalue weighted by atomic mass is 79.9. The minimum absolute atomic E-state index is 0.0142. The Morgan fingerprint density at radius 2 is 2.26 bits per heavy atom. The molecule has 0 radical (unpaired) electrons. The van der Waals surface area contributed by atoms with E-state index in [1.807, 2.05) is 6.92 Å². The second-order valence-electron chi connectivity index (χ2n) is 3.95. The molecule has 0 aliphatic carbocycles. The number of aryl methyl sites for hydroxylation is 1. The molecule has 1 N–H and O–H groups in total. The summed E-state index contributed by atoms with van der Waals surface area (Å²) in [4.78, 5) is 15.1. The third kappa shape index (κ3) is 2.68. The molecule has 4 nitrogen and oxygen atoms in total. The van der Waals surface area contributed by atoms with Crippen LogP contribution in [0.15, 0.2) is 27.1 Å². The number of rotatable bonds is 4. The number of benzene rings is 1. The number of aromatic carboxylic acids is 1. The van der Waals surface area contributed by atoms with Crippen molar-refractivity contribution in [3.8, 4) is 11.5 Å². The van der Waals surface area contributed by atoms with E-state index in [1.54, 1.807) is 12.1 Å². The van der Waals surface area contributed by atoms with Gasteiger partial charge in [-0.05, 0) is 34.5 Å². The fourth-order valence-electron chi connectivity index (χ4n) is 1.71. The van der Waals surface area contributed by atoms with Gasteiger partial charge in [-0.15, -0.1) is 0 Å². The topological polar surface area (TPSA) is 63.3 Å². The molecule has 0 saturated carbocycles. The molecule has 0 saturated heterocycles. The molecule has 0 spiro atoms. The van der Waals surface area contributed by atoms with Gasteiger partial charge < -0.3 is 9.52 Å². The van der Waals surface area contributed by atoms with Crippen LogP contribution in [-0.4, -0.2) is 16.1 Å². The molecule has 0 aliphatic heterocycles. The molecule has 2 aromatic rings. The molecule has 0 unspecified atom stereocenters. The van der Waals surface area contributed by atoms with Crippen molar-refractivity contribution in [2.45, 2.75) is 19.8 Å². The Kier molecular flexibility index (Phi) is 3.99. The molecule has 0 bridgehead atoms. The van der Waals surface area contributed by atoms with Gasteiger partial charge in [0.2, 0.25) is 11.7 Å². The Bertz CT molecular complexity index is 624. The lowest BCUT2D eigenvalue weighted by atomic mass is 10.2. The fourth-order valence-corrected chi connectivity index (χ4v) is 2.08. The molecular formula is C13H11BrFNO3. The highest BCUT2D eigenvalue weighted by Gasteiger charge is 2.21. The molecule has 1 heterocycles. The van der Waals surface area contributed by atoms with E-state index in [0.717, 1.165) is 6.42 Å². The van der Waals surface area contributed by atoms with Crippen LogP contribution in [0, 0.1) is 5.82 Å². The quantitative estimate of drug-likeness (QED) is 0.925. The Morgan fingerprint density at radius 1 is 1.53 bits per heavy atom. The minimum Gasteiger partial charge on any atom is -0.475 e. The van der Waals surface area contributed by atoms with Crippen LogP contribution in [-0.2, 0) is 6.42 Å². The standard InChI is InChI=1S/C13H11BrFNO3/c1-2-4-9-11(13(17)18)19-12(16-9)7-5-3-6-8(14)10(7)15/h3,5-6H,2,4H2,1H3,(H,17,18). The number of carbonyl (C=O) groups is 1. The van der Waals surface area contributed by atoms with Gasteiger partial charge in [0.25, 0.3) is 0 Å². The summed E-state index contributed by atoms with van der Waals surface area (Å²) in [5.74, 6) is -1.96. The van der Waals surface area contributed by atoms with Gasteiger partial charge in [-0.3, -0.25) is 0 Å². The average molecular weight is 328 g/mol. The highest BCUT2D eigenvalue weighted by molar-refractivity contribution is 9.10. The van der Waals surface area contributed by atoms with Crippen LogP contribution in [0.3, 0.4) is 0 Å². The van der Waals surface area contributed by atoms with Crippen molar-refractivity contribution in [2.24, 2.45) is 0 Å². The summed E-state index contributed by atoms with van der Waals surface area (Å²) < 4.78 is 19.4. The van der Waals surface area contributed by atoms with Gasteiger partial charge in [-0.2, -0.15) is 0 Å². The first kappa shape index (κ1) is 13.7. The summed E-state index contributed by atoms with van der Waals surface area (Å²) in [6, 6.07) is 4.67. The van der Waals surface area contributed by atoms with E-state index >= 15 is 0 Å². The molecule has 1 aromatic carbocycles. The minimum atomic E-state index is -1.20. The van der Waals surface area contributed by atoms with Crippen LogP contribution in [0.1, 0.15) is 29.6 Å². The lowest BCUT2D eigenvalue weighted by Crippen LogP contribution is -1.99. The Hall–Kier alpha value is -1.69. The molecule has 0 fully saturated rings. The molecule has 0 aliphatic rings. The van der Waals surface area contributed by atoms with E-state index in [9.17, 15) is 9.18 Å². The van der Waals surface area contributed by atoms with Crippen molar-refractivity contribution in [1.29, 1.82) is 0 Å². The van der Waals surface area contributed by atoms with E-state index in [-0.39, 0.29) is 21.7 Å². The predicted molar refractivity (Wildman–Crippen MR) is 70.6 cm³/mol. The summed E-state index contributed by atoms with van der Waals surface area (Å²) >= 11 is 3.07. The van der Waals surface area contributed by atoms with Crippen molar-refractivity contribution < 1.29 is 18.7 Å². The number of carboxylic acid groups (broad SMARTS) is 1. The summed E-state index contributed by atoms with van der Waals surface area (Å²) in [5.41, 5.74) is 0.476. The molecule has 6 heteroatoms. The van der Waals surface area contributed by atoms with Gasteiger partial charge in [0.1, 0.15) is 5.82 Å². The first-order valence-electron chi connectivity index (χ1n) is 5.72. The van der Waals surface area contributed by atoms with Gasteiger partial charge >= 0.3 is 5.97 Å². The maximum atomic E-state index is 13.9. The van der Waals surface area contributed by atoms with Crippen molar-refractivity contribution in [1.82, 2.24) is 4.98 Å². The second-order valence-corrected chi connectivity index (χ2v) is 4.81. The van der Waals surface area contributed by atoms with E-state index in [1.165, 1.54) is 6.07 Å². The molecule has 0 amide bonds. The van der Waals surface area contributed by atoms with Gasteiger partial charge in [-0.1, -0.05) is 19.4 Å². The van der Waals surface area contributed by atoms with Crippen molar-refractivity contribution >= 4 is 21.9 Å². The first-order chi connectivity index (χ1) is 9.04. The van der Waals surface area contributed by atoms with Crippen molar-refractivity contribution in [2.75, 3.05) is 0 Å². The number of aromatic nitrogens is 1. The zero-order chi connectivity index (χ0) is 14.0. The summed E-state index contributed by atoms with van der Waals surface area (Å²) in [6.07, 6.45) is 1.20. The number of hydrogen-bond acceptors (Lipinski definition) is 3. The summed E-state index contributed by atoms with van der Waals surface area (Å²) in [6.45, 7) is 1.90. The van der Waals surface area contributed by atoms with Crippen LogP contribution < -0.4 is 0 Å². The van der Waals surface area contributed by atoms with E-state index in [2.05, 4.69) is 20.9 Å². The number of oxazole rings is 1. The molecule has 19 heavy (non-hydrogen) atoms. The first-order valence-corrected chi connectivity index (χ1v) is 6.51. The third-order valence-electron chi connectivity index (χ3n) is 2.56. The van der Waals surface area contributed by atoms with Crippen molar-refractivity contribution in [3.05, 3.63) is 39.9 Å². The van der Waals surface area contributed by atoms with Crippen LogP contribution in [0.4, 0.5) is 4.39 Å². The highest BCUT2D eigenvalue weighted by Crippen LogP contribution is 2.29. The van der Waals surface area contributed by atoms with Crippen LogP contribution in [0.5, 0.6) is 0 Å². The van der Waals surface area contributed by atoms with Crippen LogP contribution in [0.2, 0.25) is 0 Å². The van der Waals surface area contributed by atoms with Gasteiger partial charge in [0.05, 0.1) is 15.7 Å². The summed E-state index contributed by atoms with van der Waals surface area (Å²) in [7, 11) is 0. The SMILES string of the molecule is CCCc1nc(-c2cccc(Br)c2F)oc1C(=O)O. The lowest BCUT2D eigenvalue weighted by molar-refractivity contribution is 0.0661. The maximum absolute atomic E-state index is 13.9. The van der Waals surface area contributed by atoms with E-state index < -0.39 is 11.8 Å². The van der Waals surface area contributed by atoms with Gasteiger partial charge in [0.15, 0.2) is 0 Å². The Morgan fingerprint density at radius 3 is 2.89 bits per heavy atom. The largest absolute Gasteiger partial charge is 0.475 e. The molecule has 2 rings (SSSR count). The Labute approximate surface area is 117 Å². The number of hydrogen-bond donors (Lipinski definition) is 1.